The summed E-state index contributed by atoms with van der Waals surface area (Å²) in [6.45, 7) is 8.89. The van der Waals surface area contributed by atoms with Crippen molar-refractivity contribution in [3.05, 3.63) is 0 Å². The highest BCUT2D eigenvalue weighted by Gasteiger charge is 1.94. The number of thiol groups is 1. The van der Waals surface area contributed by atoms with Crippen LogP contribution in [0.1, 0.15) is 13.8 Å². The van der Waals surface area contributed by atoms with Crippen molar-refractivity contribution >= 4 is 17.9 Å². The maximum absolute atomic E-state index is 10.4. The number of hydrogen-bond acceptors (Lipinski definition) is 5. The number of hydrogen-bond donors (Lipinski definition) is 3. The van der Waals surface area contributed by atoms with Crippen LogP contribution in [0, 0.1) is 0 Å². The number of ether oxygens (including phenoxy) is 3. The van der Waals surface area contributed by atoms with Gasteiger partial charge in [0.05, 0.1) is 39.6 Å². The second kappa shape index (κ2) is 14.1. The number of nitrogens with one attached hydrogen (secondary N) is 2. The summed E-state index contributed by atoms with van der Waals surface area (Å²) in [6, 6.07) is 0.490. The number of rotatable bonds is 13. The highest BCUT2D eigenvalue weighted by atomic mass is 32.1. The van der Waals surface area contributed by atoms with Gasteiger partial charge >= 0.3 is 0 Å². The fourth-order valence-electron chi connectivity index (χ4n) is 1.19. The molecule has 0 aromatic rings. The topological polar surface area (TPSA) is 68.8 Å². The van der Waals surface area contributed by atoms with Crippen LogP contribution in [0.25, 0.3) is 0 Å². The van der Waals surface area contributed by atoms with Crippen molar-refractivity contribution in [2.45, 2.75) is 19.9 Å². The Balaban J connectivity index is 2.97. The van der Waals surface area contributed by atoms with Gasteiger partial charge in [0, 0.05) is 19.1 Å². The third-order valence-electron chi connectivity index (χ3n) is 2.07. The molecule has 0 atom stereocenters. The van der Waals surface area contributed by atoms with Gasteiger partial charge in [-0.15, -0.1) is 0 Å². The standard InChI is InChI=1S/C12H26N2O4S/c1-11(2)13-3-5-16-7-9-18-10-8-17-6-4-14-12(15)19/h11,13H,3-10H2,1-2H3,(H2,14,15,19). The first-order chi connectivity index (χ1) is 9.13. The second-order valence-electron chi connectivity index (χ2n) is 4.18. The fourth-order valence-corrected chi connectivity index (χ4v) is 1.30. The van der Waals surface area contributed by atoms with Crippen LogP contribution in [0.2, 0.25) is 0 Å². The first-order valence-electron chi connectivity index (χ1n) is 6.56. The van der Waals surface area contributed by atoms with E-state index in [1.54, 1.807) is 0 Å². The van der Waals surface area contributed by atoms with Gasteiger partial charge in [-0.3, -0.25) is 4.79 Å². The summed E-state index contributed by atoms with van der Waals surface area (Å²) in [5.41, 5.74) is 0. The van der Waals surface area contributed by atoms with Crippen molar-refractivity contribution in [2.24, 2.45) is 0 Å². The Kier molecular flexibility index (Phi) is 13.8. The number of carbonyl (C=O) groups is 1. The second-order valence-corrected chi connectivity index (χ2v) is 4.58. The van der Waals surface area contributed by atoms with Gasteiger partial charge in [-0.1, -0.05) is 26.5 Å². The zero-order chi connectivity index (χ0) is 14.3. The molecule has 0 fully saturated rings. The molecule has 0 heterocycles. The Morgan fingerprint density at radius 3 is 1.89 bits per heavy atom. The van der Waals surface area contributed by atoms with Crippen LogP contribution >= 0.6 is 12.6 Å². The summed E-state index contributed by atoms with van der Waals surface area (Å²) in [6.07, 6.45) is 0. The molecule has 0 bridgehead atoms. The first kappa shape index (κ1) is 18.7. The van der Waals surface area contributed by atoms with Crippen LogP contribution in [0.4, 0.5) is 4.79 Å². The largest absolute Gasteiger partial charge is 0.378 e. The smallest absolute Gasteiger partial charge is 0.276 e. The number of carbonyl (C=O) groups excluding carboxylic acids is 1. The van der Waals surface area contributed by atoms with Gasteiger partial charge in [0.15, 0.2) is 0 Å². The molecule has 0 radical (unpaired) electrons. The van der Waals surface area contributed by atoms with E-state index in [2.05, 4.69) is 37.1 Å². The van der Waals surface area contributed by atoms with Crippen molar-refractivity contribution in [1.29, 1.82) is 0 Å². The van der Waals surface area contributed by atoms with E-state index in [4.69, 9.17) is 14.2 Å². The Hall–Kier alpha value is -0.340. The Bertz CT molecular complexity index is 218. The lowest BCUT2D eigenvalue weighted by Crippen LogP contribution is -2.27. The van der Waals surface area contributed by atoms with Gasteiger partial charge in [-0.2, -0.15) is 0 Å². The molecular formula is C12H26N2O4S. The zero-order valence-electron chi connectivity index (χ0n) is 11.8. The lowest BCUT2D eigenvalue weighted by Gasteiger charge is -2.09. The van der Waals surface area contributed by atoms with Crippen LogP contribution in [-0.2, 0) is 14.2 Å². The molecule has 0 aromatic heterocycles. The minimum atomic E-state index is -0.344. The molecule has 19 heavy (non-hydrogen) atoms. The van der Waals surface area contributed by atoms with Crippen LogP contribution < -0.4 is 10.6 Å². The minimum absolute atomic E-state index is 0.344. The number of amides is 1. The highest BCUT2D eigenvalue weighted by Crippen LogP contribution is 1.82. The Morgan fingerprint density at radius 1 is 0.947 bits per heavy atom. The van der Waals surface area contributed by atoms with Crippen molar-refractivity contribution in [3.8, 4) is 0 Å². The van der Waals surface area contributed by atoms with Gasteiger partial charge < -0.3 is 24.8 Å². The van der Waals surface area contributed by atoms with Crippen LogP contribution in [-0.4, -0.2) is 64.0 Å². The monoisotopic (exact) mass is 294 g/mol. The van der Waals surface area contributed by atoms with Crippen LogP contribution in [0.15, 0.2) is 0 Å². The molecule has 114 valence electrons. The average Bonchev–Trinajstić information content (AvgIpc) is 2.34. The molecule has 0 unspecified atom stereocenters. The summed E-state index contributed by atoms with van der Waals surface area (Å²) < 4.78 is 15.9. The van der Waals surface area contributed by atoms with E-state index in [9.17, 15) is 4.79 Å². The molecule has 1 amide bonds. The van der Waals surface area contributed by atoms with Gasteiger partial charge in [0.25, 0.3) is 5.24 Å². The molecule has 2 N–H and O–H groups in total. The molecule has 0 saturated carbocycles. The van der Waals surface area contributed by atoms with Gasteiger partial charge in [-0.05, 0) is 0 Å². The molecule has 0 rings (SSSR count). The highest BCUT2D eigenvalue weighted by molar-refractivity contribution is 7.96. The maximum Gasteiger partial charge on any atom is 0.276 e. The summed E-state index contributed by atoms with van der Waals surface area (Å²) >= 11 is 3.57. The lowest BCUT2D eigenvalue weighted by molar-refractivity contribution is 0.0159. The molecule has 6 nitrogen and oxygen atoms in total. The van der Waals surface area contributed by atoms with Crippen LogP contribution in [0.3, 0.4) is 0 Å². The molecule has 0 aliphatic rings. The minimum Gasteiger partial charge on any atom is -0.378 e. The molecule has 0 aliphatic heterocycles. The predicted octanol–water partition coefficient (Wildman–Crippen LogP) is 0.674. The summed E-state index contributed by atoms with van der Waals surface area (Å²) in [4.78, 5) is 10.4. The van der Waals surface area contributed by atoms with Crippen molar-refractivity contribution in [1.82, 2.24) is 10.6 Å². The van der Waals surface area contributed by atoms with Gasteiger partial charge in [0.1, 0.15) is 0 Å². The normalized spacial score (nSPS) is 10.9. The molecular weight excluding hydrogens is 268 g/mol. The molecule has 0 saturated heterocycles. The van der Waals surface area contributed by atoms with E-state index < -0.39 is 0 Å². The van der Waals surface area contributed by atoms with Crippen LogP contribution in [0.5, 0.6) is 0 Å². The quantitative estimate of drug-likeness (QED) is 0.344. The molecule has 0 spiro atoms. The summed E-state index contributed by atoms with van der Waals surface area (Å²) in [5.74, 6) is 0. The van der Waals surface area contributed by atoms with Crippen molar-refractivity contribution < 1.29 is 19.0 Å². The summed E-state index contributed by atoms with van der Waals surface area (Å²) in [5, 5.41) is 5.44. The van der Waals surface area contributed by atoms with Gasteiger partial charge in [0.2, 0.25) is 0 Å². The Labute approximate surface area is 121 Å². The zero-order valence-corrected chi connectivity index (χ0v) is 12.7. The maximum atomic E-state index is 10.4. The molecule has 0 aromatic carbocycles. The average molecular weight is 294 g/mol. The lowest BCUT2D eigenvalue weighted by atomic mass is 10.4. The van der Waals surface area contributed by atoms with Gasteiger partial charge in [-0.25, -0.2) is 0 Å². The van der Waals surface area contributed by atoms with E-state index in [0.29, 0.717) is 52.2 Å². The third-order valence-corrected chi connectivity index (χ3v) is 2.22. The van der Waals surface area contributed by atoms with Crippen molar-refractivity contribution in [2.75, 3.05) is 52.7 Å². The van der Waals surface area contributed by atoms with E-state index in [1.807, 2.05) is 0 Å². The van der Waals surface area contributed by atoms with E-state index in [-0.39, 0.29) is 5.24 Å². The van der Waals surface area contributed by atoms with E-state index in [0.717, 1.165) is 6.54 Å². The molecule has 7 heteroatoms. The van der Waals surface area contributed by atoms with E-state index in [1.165, 1.54) is 0 Å². The Morgan fingerprint density at radius 2 is 1.42 bits per heavy atom. The SMILES string of the molecule is CC(C)NCCOCCOCCOCCNC(=O)S. The predicted molar refractivity (Wildman–Crippen MR) is 78.0 cm³/mol. The van der Waals surface area contributed by atoms with E-state index >= 15 is 0 Å². The third kappa shape index (κ3) is 17.7. The molecule has 0 aliphatic carbocycles. The fraction of sp³-hybridized carbons (Fsp3) is 0.917. The first-order valence-corrected chi connectivity index (χ1v) is 7.01. The van der Waals surface area contributed by atoms with Crippen molar-refractivity contribution in [3.63, 3.8) is 0 Å². The summed E-state index contributed by atoms with van der Waals surface area (Å²) in [7, 11) is 0.